The molecule has 136 valence electrons. The minimum Gasteiger partial charge on any atom is -0.332 e. The van der Waals surface area contributed by atoms with E-state index in [-0.39, 0.29) is 0 Å². The fourth-order valence-corrected chi connectivity index (χ4v) is 5.13. The summed E-state index contributed by atoms with van der Waals surface area (Å²) in [5.41, 5.74) is 1.25. The van der Waals surface area contributed by atoms with Gasteiger partial charge in [0.1, 0.15) is 5.78 Å². The number of nitrogens with zero attached hydrogens (tertiary/aromatic N) is 4. The van der Waals surface area contributed by atoms with E-state index in [1.165, 1.54) is 18.4 Å². The van der Waals surface area contributed by atoms with Crippen LogP contribution in [0.4, 0.5) is 5.95 Å². The predicted molar refractivity (Wildman–Crippen MR) is 98.7 cm³/mol. The zero-order chi connectivity index (χ0) is 17.4. The maximum atomic E-state index is 11.5. The van der Waals surface area contributed by atoms with Crippen molar-refractivity contribution in [3.05, 3.63) is 18.0 Å². The lowest BCUT2D eigenvalue weighted by Crippen LogP contribution is -2.53. The number of aromatic nitrogens is 2. The normalized spacial score (nSPS) is 32.8. The van der Waals surface area contributed by atoms with Crippen molar-refractivity contribution in [2.24, 2.45) is 11.8 Å². The molecule has 0 N–H and O–H groups in total. The summed E-state index contributed by atoms with van der Waals surface area (Å²) < 4.78 is 0. The van der Waals surface area contributed by atoms with Crippen molar-refractivity contribution in [2.45, 2.75) is 64.0 Å². The summed E-state index contributed by atoms with van der Waals surface area (Å²) in [4.78, 5) is 25.8. The van der Waals surface area contributed by atoms with Crippen molar-refractivity contribution in [1.82, 2.24) is 14.9 Å². The molecule has 1 aromatic heterocycles. The average Bonchev–Trinajstić information content (AvgIpc) is 2.87. The fraction of sp³-hybridized carbons (Fsp3) is 0.750. The first kappa shape index (κ1) is 17.0. The molecule has 0 aromatic carbocycles. The summed E-state index contributed by atoms with van der Waals surface area (Å²) in [6.07, 6.45) is 12.1. The third-order valence-corrected chi connectivity index (χ3v) is 6.53. The summed E-state index contributed by atoms with van der Waals surface area (Å²) in [6.45, 7) is 3.99. The van der Waals surface area contributed by atoms with Gasteiger partial charge < -0.3 is 9.80 Å². The van der Waals surface area contributed by atoms with Gasteiger partial charge in [0, 0.05) is 43.5 Å². The molecule has 2 bridgehead atoms. The number of piperazine rings is 1. The Morgan fingerprint density at radius 1 is 1.04 bits per heavy atom. The molecule has 5 heteroatoms. The number of anilines is 1. The summed E-state index contributed by atoms with van der Waals surface area (Å²) >= 11 is 0. The molecule has 2 unspecified atom stereocenters. The van der Waals surface area contributed by atoms with E-state index < -0.39 is 0 Å². The molecule has 0 radical (unpaired) electrons. The number of rotatable bonds is 4. The number of ketones is 1. The number of fused-ring (bicyclic) bond motifs is 2. The first-order chi connectivity index (χ1) is 12.1. The van der Waals surface area contributed by atoms with Crippen molar-refractivity contribution < 1.29 is 4.79 Å². The third-order valence-electron chi connectivity index (χ3n) is 6.53. The van der Waals surface area contributed by atoms with Gasteiger partial charge >= 0.3 is 0 Å². The van der Waals surface area contributed by atoms with E-state index in [0.717, 1.165) is 51.1 Å². The monoisotopic (exact) mass is 342 g/mol. The second-order valence-corrected chi connectivity index (χ2v) is 8.44. The van der Waals surface area contributed by atoms with Gasteiger partial charge in [0.15, 0.2) is 0 Å². The molecule has 25 heavy (non-hydrogen) atoms. The van der Waals surface area contributed by atoms with Gasteiger partial charge in [0.05, 0.1) is 0 Å². The van der Waals surface area contributed by atoms with Gasteiger partial charge in [-0.25, -0.2) is 9.97 Å². The Hall–Kier alpha value is -1.49. The molecule has 2 aliphatic heterocycles. The van der Waals surface area contributed by atoms with E-state index in [2.05, 4.69) is 16.8 Å². The first-order valence-corrected chi connectivity index (χ1v) is 9.88. The molecule has 1 saturated carbocycles. The van der Waals surface area contributed by atoms with E-state index in [1.807, 2.05) is 12.4 Å². The van der Waals surface area contributed by atoms with E-state index in [4.69, 9.17) is 9.97 Å². The molecule has 1 aromatic rings. The Labute approximate surface area is 150 Å². The van der Waals surface area contributed by atoms with Gasteiger partial charge in [0.25, 0.3) is 0 Å². The van der Waals surface area contributed by atoms with Crippen LogP contribution in [0.5, 0.6) is 0 Å². The largest absolute Gasteiger partial charge is 0.332 e. The molecule has 2 saturated heterocycles. The molecule has 3 aliphatic rings. The quantitative estimate of drug-likeness (QED) is 0.842. The van der Waals surface area contributed by atoms with E-state index in [0.29, 0.717) is 29.7 Å². The van der Waals surface area contributed by atoms with Gasteiger partial charge in [-0.15, -0.1) is 0 Å². The topological polar surface area (TPSA) is 49.3 Å². The summed E-state index contributed by atoms with van der Waals surface area (Å²) in [5, 5.41) is 0. The number of hydrogen-bond donors (Lipinski definition) is 0. The van der Waals surface area contributed by atoms with E-state index in [9.17, 15) is 4.79 Å². The van der Waals surface area contributed by atoms with E-state index >= 15 is 0 Å². The number of likely N-dealkylation sites (tertiary alicyclic amines) is 1. The standard InChI is InChI=1S/C20H30N4O/c1-14(25)17-5-3-15(4-6-17)9-16-10-21-20(22-11-16)24-18-7-8-19(24)13-23(2)12-18/h10-11,15,17-19H,3-9,12-13H2,1-2H3. The molecule has 3 fully saturated rings. The molecule has 0 spiro atoms. The molecule has 3 heterocycles. The minimum atomic E-state index is 0.308. The Kier molecular flexibility index (Phi) is 4.76. The minimum absolute atomic E-state index is 0.308. The second kappa shape index (κ2) is 7.02. The predicted octanol–water partition coefficient (Wildman–Crippen LogP) is 2.70. The van der Waals surface area contributed by atoms with Crippen LogP contribution >= 0.6 is 0 Å². The highest BCUT2D eigenvalue weighted by atomic mass is 16.1. The van der Waals surface area contributed by atoms with Crippen LogP contribution in [-0.4, -0.2) is 52.9 Å². The fourth-order valence-electron chi connectivity index (χ4n) is 5.13. The van der Waals surface area contributed by atoms with Gasteiger partial charge in [0.2, 0.25) is 5.95 Å². The zero-order valence-corrected chi connectivity index (χ0v) is 15.5. The summed E-state index contributed by atoms with van der Waals surface area (Å²) in [7, 11) is 2.22. The van der Waals surface area contributed by atoms with Crippen LogP contribution in [0.1, 0.15) is 51.0 Å². The van der Waals surface area contributed by atoms with Crippen LogP contribution in [0.25, 0.3) is 0 Å². The lowest BCUT2D eigenvalue weighted by atomic mass is 9.78. The lowest BCUT2D eigenvalue weighted by molar-refractivity contribution is -0.121. The number of carbonyl (C=O) groups is 1. The molecule has 4 rings (SSSR count). The number of likely N-dealkylation sites (N-methyl/N-ethyl adjacent to an activating group) is 1. The van der Waals surface area contributed by atoms with Gasteiger partial charge in [-0.05, 0) is 70.4 Å². The molecule has 1 aliphatic carbocycles. The van der Waals surface area contributed by atoms with Crippen LogP contribution in [0.3, 0.4) is 0 Å². The molecule has 2 atom stereocenters. The number of Topliss-reactive ketones (excluding diaryl/α,β-unsaturated/α-hetero) is 1. The molecule has 0 amide bonds. The summed E-state index contributed by atoms with van der Waals surface area (Å²) in [5.74, 6) is 2.28. The average molecular weight is 342 g/mol. The molecular formula is C20H30N4O. The first-order valence-electron chi connectivity index (χ1n) is 9.88. The smallest absolute Gasteiger partial charge is 0.225 e. The highest BCUT2D eigenvalue weighted by molar-refractivity contribution is 5.78. The van der Waals surface area contributed by atoms with Crippen LogP contribution in [0.2, 0.25) is 0 Å². The van der Waals surface area contributed by atoms with E-state index in [1.54, 1.807) is 6.92 Å². The van der Waals surface area contributed by atoms with Crippen LogP contribution < -0.4 is 4.90 Å². The van der Waals surface area contributed by atoms with Crippen molar-refractivity contribution in [1.29, 1.82) is 0 Å². The Morgan fingerprint density at radius 2 is 1.64 bits per heavy atom. The highest BCUT2D eigenvalue weighted by Crippen LogP contribution is 2.33. The van der Waals surface area contributed by atoms with Crippen LogP contribution in [-0.2, 0) is 11.2 Å². The van der Waals surface area contributed by atoms with Crippen molar-refractivity contribution in [2.75, 3.05) is 25.0 Å². The van der Waals surface area contributed by atoms with Crippen molar-refractivity contribution >= 4 is 11.7 Å². The van der Waals surface area contributed by atoms with Gasteiger partial charge in [-0.3, -0.25) is 4.79 Å². The maximum Gasteiger partial charge on any atom is 0.225 e. The molecule has 5 nitrogen and oxygen atoms in total. The Bertz CT molecular complexity index is 595. The Balaban J connectivity index is 1.36. The lowest BCUT2D eigenvalue weighted by Gasteiger charge is -2.39. The Morgan fingerprint density at radius 3 is 2.20 bits per heavy atom. The summed E-state index contributed by atoms with van der Waals surface area (Å²) in [6, 6.07) is 1.16. The number of hydrogen-bond acceptors (Lipinski definition) is 5. The van der Waals surface area contributed by atoms with Gasteiger partial charge in [-0.2, -0.15) is 0 Å². The van der Waals surface area contributed by atoms with Crippen molar-refractivity contribution in [3.63, 3.8) is 0 Å². The third kappa shape index (κ3) is 3.57. The zero-order valence-electron chi connectivity index (χ0n) is 15.5. The van der Waals surface area contributed by atoms with Crippen LogP contribution in [0, 0.1) is 11.8 Å². The second-order valence-electron chi connectivity index (χ2n) is 8.44. The molecular weight excluding hydrogens is 312 g/mol. The number of carbonyl (C=O) groups excluding carboxylic acids is 1. The van der Waals surface area contributed by atoms with Crippen LogP contribution in [0.15, 0.2) is 12.4 Å². The van der Waals surface area contributed by atoms with Crippen molar-refractivity contribution in [3.8, 4) is 0 Å². The SMILES string of the molecule is CC(=O)C1CCC(Cc2cnc(N3C4CCC3CN(C)C4)nc2)CC1. The highest BCUT2D eigenvalue weighted by Gasteiger charge is 2.40. The van der Waals surface area contributed by atoms with Gasteiger partial charge in [-0.1, -0.05) is 0 Å². The maximum absolute atomic E-state index is 11.5.